The monoisotopic (exact) mass is 248 g/mol. The Morgan fingerprint density at radius 2 is 2.28 bits per heavy atom. The van der Waals surface area contributed by atoms with Crippen molar-refractivity contribution in [2.75, 3.05) is 27.2 Å². The Labute approximate surface area is 110 Å². The van der Waals surface area contributed by atoms with Crippen molar-refractivity contribution in [3.63, 3.8) is 0 Å². The molecule has 1 fully saturated rings. The number of methoxy groups -OCH3 is 1. The van der Waals surface area contributed by atoms with Crippen LogP contribution >= 0.6 is 0 Å². The van der Waals surface area contributed by atoms with Crippen molar-refractivity contribution in [1.29, 1.82) is 0 Å². The van der Waals surface area contributed by atoms with Crippen LogP contribution in [0.25, 0.3) is 0 Å². The van der Waals surface area contributed by atoms with E-state index in [4.69, 9.17) is 4.74 Å². The Morgan fingerprint density at radius 3 is 3.00 bits per heavy atom. The number of nitrogens with zero attached hydrogens (tertiary/aromatic N) is 1. The third-order valence-corrected chi connectivity index (χ3v) is 3.64. The third-order valence-electron chi connectivity index (χ3n) is 3.64. The van der Waals surface area contributed by atoms with E-state index < -0.39 is 0 Å². The molecule has 0 aromatic heterocycles. The molecule has 0 amide bonds. The maximum absolute atomic E-state index is 5.41. The first-order chi connectivity index (χ1) is 8.69. The first-order valence-corrected chi connectivity index (χ1v) is 6.74. The molecular formula is C15H24N2O. The van der Waals surface area contributed by atoms with Gasteiger partial charge in [-0.05, 0) is 39.4 Å². The number of rotatable bonds is 4. The van der Waals surface area contributed by atoms with Gasteiger partial charge < -0.3 is 15.0 Å². The summed E-state index contributed by atoms with van der Waals surface area (Å²) in [6.45, 7) is 5.39. The lowest BCUT2D eigenvalue weighted by Crippen LogP contribution is -2.43. The number of benzene rings is 1. The van der Waals surface area contributed by atoms with Gasteiger partial charge >= 0.3 is 0 Å². The highest BCUT2D eigenvalue weighted by Gasteiger charge is 2.16. The van der Waals surface area contributed by atoms with Crippen molar-refractivity contribution in [3.8, 4) is 5.75 Å². The predicted molar refractivity (Wildman–Crippen MR) is 75.1 cm³/mol. The number of ether oxygens (including phenoxy) is 1. The van der Waals surface area contributed by atoms with Crippen molar-refractivity contribution < 1.29 is 4.74 Å². The SMILES string of the molecule is COc1ccc(C)cc1CNC1CCCN(C)C1. The molecule has 1 aromatic carbocycles. The fourth-order valence-corrected chi connectivity index (χ4v) is 2.63. The van der Waals surface area contributed by atoms with Gasteiger partial charge in [0.05, 0.1) is 7.11 Å². The van der Waals surface area contributed by atoms with Crippen LogP contribution in [-0.4, -0.2) is 38.2 Å². The lowest BCUT2D eigenvalue weighted by molar-refractivity contribution is 0.226. The minimum atomic E-state index is 0.606. The maximum atomic E-state index is 5.41. The molecule has 1 unspecified atom stereocenters. The van der Waals surface area contributed by atoms with Gasteiger partial charge in [0.15, 0.2) is 0 Å². The Morgan fingerprint density at radius 1 is 1.44 bits per heavy atom. The minimum Gasteiger partial charge on any atom is -0.496 e. The van der Waals surface area contributed by atoms with Crippen molar-refractivity contribution in [3.05, 3.63) is 29.3 Å². The van der Waals surface area contributed by atoms with E-state index in [2.05, 4.69) is 42.4 Å². The van der Waals surface area contributed by atoms with Gasteiger partial charge in [-0.3, -0.25) is 0 Å². The van der Waals surface area contributed by atoms with Crippen molar-refractivity contribution in [2.45, 2.75) is 32.4 Å². The third kappa shape index (κ3) is 3.47. The zero-order valence-electron chi connectivity index (χ0n) is 11.7. The maximum Gasteiger partial charge on any atom is 0.123 e. The molecule has 2 rings (SSSR count). The number of nitrogens with one attached hydrogen (secondary N) is 1. The fraction of sp³-hybridized carbons (Fsp3) is 0.600. The molecule has 0 bridgehead atoms. The van der Waals surface area contributed by atoms with Crippen LogP contribution in [-0.2, 0) is 6.54 Å². The molecule has 0 saturated carbocycles. The first-order valence-electron chi connectivity index (χ1n) is 6.74. The van der Waals surface area contributed by atoms with Gasteiger partial charge in [-0.15, -0.1) is 0 Å². The zero-order valence-corrected chi connectivity index (χ0v) is 11.7. The van der Waals surface area contributed by atoms with Gasteiger partial charge in [-0.1, -0.05) is 17.7 Å². The van der Waals surface area contributed by atoms with E-state index in [1.54, 1.807) is 7.11 Å². The van der Waals surface area contributed by atoms with Crippen molar-refractivity contribution in [1.82, 2.24) is 10.2 Å². The van der Waals surface area contributed by atoms with Crippen molar-refractivity contribution >= 4 is 0 Å². The summed E-state index contributed by atoms with van der Waals surface area (Å²) in [6.07, 6.45) is 2.57. The zero-order chi connectivity index (χ0) is 13.0. The molecule has 1 heterocycles. The largest absolute Gasteiger partial charge is 0.496 e. The summed E-state index contributed by atoms with van der Waals surface area (Å²) in [5, 5.41) is 3.65. The Bertz CT molecular complexity index is 392. The van der Waals surface area contributed by atoms with Gasteiger partial charge in [0, 0.05) is 24.7 Å². The van der Waals surface area contributed by atoms with Gasteiger partial charge in [-0.2, -0.15) is 0 Å². The molecule has 1 aromatic rings. The van der Waals surface area contributed by atoms with Gasteiger partial charge in [-0.25, -0.2) is 0 Å². The van der Waals surface area contributed by atoms with E-state index in [1.165, 1.54) is 30.5 Å². The van der Waals surface area contributed by atoms with E-state index in [1.807, 2.05) is 0 Å². The van der Waals surface area contributed by atoms with E-state index in [-0.39, 0.29) is 0 Å². The molecule has 1 aliphatic heterocycles. The van der Waals surface area contributed by atoms with Crippen LogP contribution in [0.3, 0.4) is 0 Å². The standard InChI is InChI=1S/C15H24N2O/c1-12-6-7-15(18-3)13(9-12)10-16-14-5-4-8-17(2)11-14/h6-7,9,14,16H,4-5,8,10-11H2,1-3H3. The van der Waals surface area contributed by atoms with Crippen LogP contribution < -0.4 is 10.1 Å². The quantitative estimate of drug-likeness (QED) is 0.884. The van der Waals surface area contributed by atoms with Gasteiger partial charge in [0.1, 0.15) is 5.75 Å². The molecule has 0 radical (unpaired) electrons. The van der Waals surface area contributed by atoms with E-state index in [0.29, 0.717) is 6.04 Å². The lowest BCUT2D eigenvalue weighted by atomic mass is 10.1. The van der Waals surface area contributed by atoms with Crippen LogP contribution in [0.4, 0.5) is 0 Å². The highest BCUT2D eigenvalue weighted by molar-refractivity contribution is 5.36. The van der Waals surface area contributed by atoms with Crippen LogP contribution in [0.15, 0.2) is 18.2 Å². The molecule has 3 heteroatoms. The number of likely N-dealkylation sites (N-methyl/N-ethyl adjacent to an activating group) is 1. The Kier molecular flexibility index (Phi) is 4.61. The summed E-state index contributed by atoms with van der Waals surface area (Å²) >= 11 is 0. The summed E-state index contributed by atoms with van der Waals surface area (Å²) in [7, 11) is 3.93. The van der Waals surface area contributed by atoms with E-state index in [9.17, 15) is 0 Å². The number of aryl methyl sites for hydroxylation is 1. The van der Waals surface area contributed by atoms with Crippen LogP contribution in [0.1, 0.15) is 24.0 Å². The number of hydrogen-bond donors (Lipinski definition) is 1. The number of piperidine rings is 1. The van der Waals surface area contributed by atoms with Crippen LogP contribution in [0.2, 0.25) is 0 Å². The van der Waals surface area contributed by atoms with E-state index in [0.717, 1.165) is 18.8 Å². The molecule has 100 valence electrons. The fourth-order valence-electron chi connectivity index (χ4n) is 2.63. The average Bonchev–Trinajstić information content (AvgIpc) is 2.37. The topological polar surface area (TPSA) is 24.5 Å². The second-order valence-corrected chi connectivity index (χ2v) is 5.30. The van der Waals surface area contributed by atoms with Gasteiger partial charge in [0.25, 0.3) is 0 Å². The molecule has 3 nitrogen and oxygen atoms in total. The molecule has 1 saturated heterocycles. The highest BCUT2D eigenvalue weighted by atomic mass is 16.5. The summed E-state index contributed by atoms with van der Waals surface area (Å²) in [5.41, 5.74) is 2.54. The second kappa shape index (κ2) is 6.21. The molecule has 1 aliphatic rings. The summed E-state index contributed by atoms with van der Waals surface area (Å²) in [6, 6.07) is 6.96. The summed E-state index contributed by atoms with van der Waals surface area (Å²) in [4.78, 5) is 2.40. The Hall–Kier alpha value is -1.06. The second-order valence-electron chi connectivity index (χ2n) is 5.30. The molecule has 0 spiro atoms. The summed E-state index contributed by atoms with van der Waals surface area (Å²) < 4.78 is 5.41. The van der Waals surface area contributed by atoms with Crippen LogP contribution in [0.5, 0.6) is 5.75 Å². The molecule has 18 heavy (non-hydrogen) atoms. The normalized spacial score (nSPS) is 20.9. The van der Waals surface area contributed by atoms with Crippen LogP contribution in [0, 0.1) is 6.92 Å². The number of hydrogen-bond acceptors (Lipinski definition) is 3. The molecular weight excluding hydrogens is 224 g/mol. The average molecular weight is 248 g/mol. The summed E-state index contributed by atoms with van der Waals surface area (Å²) in [5.74, 6) is 0.984. The van der Waals surface area contributed by atoms with Crippen molar-refractivity contribution in [2.24, 2.45) is 0 Å². The molecule has 0 aliphatic carbocycles. The Balaban J connectivity index is 1.94. The molecule has 1 N–H and O–H groups in total. The highest BCUT2D eigenvalue weighted by Crippen LogP contribution is 2.20. The van der Waals surface area contributed by atoms with E-state index >= 15 is 0 Å². The van der Waals surface area contributed by atoms with Gasteiger partial charge in [0.2, 0.25) is 0 Å². The lowest BCUT2D eigenvalue weighted by Gasteiger charge is -2.30. The molecule has 1 atom stereocenters. The smallest absolute Gasteiger partial charge is 0.123 e. The first kappa shape index (κ1) is 13.4. The minimum absolute atomic E-state index is 0.606. The predicted octanol–water partition coefficient (Wildman–Crippen LogP) is 2.19. The number of likely N-dealkylation sites (tertiary alicyclic amines) is 1.